The molecule has 0 amide bonds. The van der Waals surface area contributed by atoms with Crippen molar-refractivity contribution in [2.24, 2.45) is 0 Å². The molecular formula is C16H18ClNO5. The minimum absolute atomic E-state index is 0.127. The van der Waals surface area contributed by atoms with Gasteiger partial charge in [-0.25, -0.2) is 9.59 Å². The molecule has 0 aliphatic carbocycles. The SMILES string of the molecule is COC(=O)C(=CNc1cccc(C(=O)OC(C)C)c1Cl)C(C)=O. The average Bonchev–Trinajstić information content (AvgIpc) is 2.47. The Morgan fingerprint density at radius 3 is 2.43 bits per heavy atom. The van der Waals surface area contributed by atoms with Crippen LogP contribution >= 0.6 is 11.6 Å². The number of nitrogens with one attached hydrogen (secondary N) is 1. The highest BCUT2D eigenvalue weighted by Gasteiger charge is 2.17. The zero-order chi connectivity index (χ0) is 17.6. The Bertz CT molecular complexity index is 652. The summed E-state index contributed by atoms with van der Waals surface area (Å²) in [5, 5.41) is 2.86. The maximum atomic E-state index is 12.0. The van der Waals surface area contributed by atoms with E-state index in [-0.39, 0.29) is 22.3 Å². The van der Waals surface area contributed by atoms with Crippen molar-refractivity contribution in [2.75, 3.05) is 12.4 Å². The number of methoxy groups -OCH3 is 1. The fourth-order valence-electron chi connectivity index (χ4n) is 1.64. The molecule has 0 atom stereocenters. The highest BCUT2D eigenvalue weighted by molar-refractivity contribution is 6.36. The van der Waals surface area contributed by atoms with E-state index in [1.165, 1.54) is 26.3 Å². The highest BCUT2D eigenvalue weighted by Crippen LogP contribution is 2.27. The number of halogens is 1. The molecule has 1 aromatic rings. The van der Waals surface area contributed by atoms with Crippen LogP contribution in [-0.4, -0.2) is 30.9 Å². The van der Waals surface area contributed by atoms with Gasteiger partial charge in [-0.3, -0.25) is 4.79 Å². The van der Waals surface area contributed by atoms with Crippen LogP contribution in [0.2, 0.25) is 5.02 Å². The van der Waals surface area contributed by atoms with Gasteiger partial charge in [-0.05, 0) is 32.9 Å². The molecule has 6 nitrogen and oxygen atoms in total. The number of ketones is 1. The Morgan fingerprint density at radius 2 is 1.91 bits per heavy atom. The maximum absolute atomic E-state index is 12.0. The van der Waals surface area contributed by atoms with E-state index in [0.717, 1.165) is 0 Å². The molecular weight excluding hydrogens is 322 g/mol. The molecule has 1 rings (SSSR count). The second kappa shape index (κ2) is 8.33. The van der Waals surface area contributed by atoms with Crippen molar-refractivity contribution >= 4 is 35.0 Å². The monoisotopic (exact) mass is 339 g/mol. The van der Waals surface area contributed by atoms with Crippen LogP contribution in [0.5, 0.6) is 0 Å². The quantitative estimate of drug-likeness (QED) is 0.371. The van der Waals surface area contributed by atoms with Gasteiger partial charge in [0.2, 0.25) is 0 Å². The van der Waals surface area contributed by atoms with Crippen molar-refractivity contribution < 1.29 is 23.9 Å². The van der Waals surface area contributed by atoms with Gasteiger partial charge in [-0.1, -0.05) is 17.7 Å². The van der Waals surface area contributed by atoms with Gasteiger partial charge in [0.05, 0.1) is 29.5 Å². The summed E-state index contributed by atoms with van der Waals surface area (Å²) in [6.45, 7) is 4.70. The van der Waals surface area contributed by atoms with Gasteiger partial charge < -0.3 is 14.8 Å². The van der Waals surface area contributed by atoms with Crippen molar-refractivity contribution in [3.63, 3.8) is 0 Å². The maximum Gasteiger partial charge on any atom is 0.342 e. The summed E-state index contributed by atoms with van der Waals surface area (Å²) in [6.07, 6.45) is 0.908. The molecule has 0 radical (unpaired) electrons. The van der Waals surface area contributed by atoms with E-state index >= 15 is 0 Å². The molecule has 0 heterocycles. The van der Waals surface area contributed by atoms with Crippen LogP contribution in [0.4, 0.5) is 5.69 Å². The average molecular weight is 340 g/mol. The summed E-state index contributed by atoms with van der Waals surface area (Å²) in [4.78, 5) is 34.9. The number of carbonyl (C=O) groups is 3. The highest BCUT2D eigenvalue weighted by atomic mass is 35.5. The van der Waals surface area contributed by atoms with Gasteiger partial charge in [-0.2, -0.15) is 0 Å². The van der Waals surface area contributed by atoms with E-state index in [2.05, 4.69) is 10.1 Å². The summed E-state index contributed by atoms with van der Waals surface area (Å²) in [7, 11) is 1.18. The van der Waals surface area contributed by atoms with Crippen LogP contribution in [0.3, 0.4) is 0 Å². The Balaban J connectivity index is 3.08. The number of esters is 2. The van der Waals surface area contributed by atoms with Crippen molar-refractivity contribution in [3.8, 4) is 0 Å². The molecule has 1 N–H and O–H groups in total. The number of carbonyl (C=O) groups excluding carboxylic acids is 3. The summed E-state index contributed by atoms with van der Waals surface area (Å²) in [6, 6.07) is 4.72. The lowest BCUT2D eigenvalue weighted by molar-refractivity contribution is -0.137. The second-order valence-corrected chi connectivity index (χ2v) is 5.25. The topological polar surface area (TPSA) is 81.7 Å². The first kappa shape index (κ1) is 18.7. The first-order valence-electron chi connectivity index (χ1n) is 6.83. The van der Waals surface area contributed by atoms with Crippen molar-refractivity contribution in [1.29, 1.82) is 0 Å². The molecule has 1 aromatic carbocycles. The molecule has 124 valence electrons. The van der Waals surface area contributed by atoms with Gasteiger partial charge in [0.15, 0.2) is 5.78 Å². The first-order valence-corrected chi connectivity index (χ1v) is 7.21. The number of rotatable bonds is 6. The largest absolute Gasteiger partial charge is 0.465 e. The molecule has 0 spiro atoms. The van der Waals surface area contributed by atoms with Crippen LogP contribution in [-0.2, 0) is 19.1 Å². The van der Waals surface area contributed by atoms with Crippen molar-refractivity contribution in [2.45, 2.75) is 26.9 Å². The fourth-order valence-corrected chi connectivity index (χ4v) is 1.90. The number of hydrogen-bond donors (Lipinski definition) is 1. The van der Waals surface area contributed by atoms with E-state index in [1.54, 1.807) is 26.0 Å². The Labute approximate surface area is 139 Å². The van der Waals surface area contributed by atoms with Gasteiger partial charge >= 0.3 is 11.9 Å². The summed E-state index contributed by atoms with van der Waals surface area (Å²) >= 11 is 6.17. The summed E-state index contributed by atoms with van der Waals surface area (Å²) < 4.78 is 9.62. The Hall–Kier alpha value is -2.34. The van der Waals surface area contributed by atoms with Crippen LogP contribution in [0.25, 0.3) is 0 Å². The lowest BCUT2D eigenvalue weighted by atomic mass is 10.2. The second-order valence-electron chi connectivity index (χ2n) is 4.87. The number of hydrogen-bond acceptors (Lipinski definition) is 6. The number of Topliss-reactive ketones (excluding diaryl/α,β-unsaturated/α-hetero) is 1. The first-order chi connectivity index (χ1) is 10.8. The molecule has 0 aliphatic rings. The van der Waals surface area contributed by atoms with Crippen molar-refractivity contribution in [3.05, 3.63) is 40.6 Å². The Kier molecular flexibility index (Phi) is 6.78. The van der Waals surface area contributed by atoms with Gasteiger partial charge in [0.25, 0.3) is 0 Å². The third-order valence-electron chi connectivity index (χ3n) is 2.72. The van der Waals surface area contributed by atoms with Crippen molar-refractivity contribution in [1.82, 2.24) is 0 Å². The number of anilines is 1. The molecule has 0 bridgehead atoms. The van der Waals surface area contributed by atoms with Gasteiger partial charge in [-0.15, -0.1) is 0 Å². The molecule has 0 aliphatic heterocycles. The normalized spacial score (nSPS) is 11.1. The van der Waals surface area contributed by atoms with E-state index < -0.39 is 17.7 Å². The predicted molar refractivity (Wildman–Crippen MR) is 86.4 cm³/mol. The van der Waals surface area contributed by atoms with E-state index in [1.807, 2.05) is 0 Å². The molecule has 0 saturated carbocycles. The molecule has 0 unspecified atom stereocenters. The molecule has 0 aromatic heterocycles. The van der Waals surface area contributed by atoms with Crippen LogP contribution in [0, 0.1) is 0 Å². The van der Waals surface area contributed by atoms with E-state index in [9.17, 15) is 14.4 Å². The van der Waals surface area contributed by atoms with Gasteiger partial charge in [0.1, 0.15) is 5.57 Å². The van der Waals surface area contributed by atoms with E-state index in [0.29, 0.717) is 5.69 Å². The third kappa shape index (κ3) is 5.10. The lowest BCUT2D eigenvalue weighted by Gasteiger charge is -2.12. The Morgan fingerprint density at radius 1 is 1.26 bits per heavy atom. The third-order valence-corrected chi connectivity index (χ3v) is 3.13. The van der Waals surface area contributed by atoms with Gasteiger partial charge in [0, 0.05) is 6.20 Å². The fraction of sp³-hybridized carbons (Fsp3) is 0.312. The molecule has 23 heavy (non-hydrogen) atoms. The van der Waals surface area contributed by atoms with E-state index in [4.69, 9.17) is 16.3 Å². The molecule has 0 saturated heterocycles. The lowest BCUT2D eigenvalue weighted by Crippen LogP contribution is -2.14. The smallest absolute Gasteiger partial charge is 0.342 e. The summed E-state index contributed by atoms with van der Waals surface area (Å²) in [5.74, 6) is -1.79. The number of benzene rings is 1. The van der Waals surface area contributed by atoms with Crippen LogP contribution in [0.1, 0.15) is 31.1 Å². The predicted octanol–water partition coefficient (Wildman–Crippen LogP) is 2.96. The van der Waals surface area contributed by atoms with Crippen LogP contribution in [0.15, 0.2) is 30.0 Å². The standard InChI is InChI=1S/C16H18ClNO5/c1-9(2)23-16(21)11-6-5-7-13(14(11)17)18-8-12(10(3)19)15(20)22-4/h5-9,18H,1-4H3. The van der Waals surface area contributed by atoms with Crippen LogP contribution < -0.4 is 5.32 Å². The zero-order valence-corrected chi connectivity index (χ0v) is 14.1. The molecule has 7 heteroatoms. The zero-order valence-electron chi connectivity index (χ0n) is 13.3. The minimum Gasteiger partial charge on any atom is -0.465 e. The minimum atomic E-state index is -0.767. The molecule has 0 fully saturated rings. The number of ether oxygens (including phenoxy) is 2. The summed E-state index contributed by atoms with van der Waals surface area (Å²) in [5.41, 5.74) is 0.368.